The number of alkyl halides is 3. The number of nitrogens with two attached hydrogens (primary N) is 1. The molecular formula is C8H10F3N3O2. The van der Waals surface area contributed by atoms with Crippen LogP contribution in [0.5, 0.6) is 0 Å². The van der Waals surface area contributed by atoms with E-state index in [1.807, 2.05) is 0 Å². The Labute approximate surface area is 88.4 Å². The largest absolute Gasteiger partial charge is 0.481 e. The van der Waals surface area contributed by atoms with Gasteiger partial charge in [-0.05, 0) is 13.0 Å². The number of aromatic nitrogens is 2. The minimum Gasteiger partial charge on any atom is -0.481 e. The van der Waals surface area contributed by atoms with Gasteiger partial charge in [0, 0.05) is 5.56 Å². The van der Waals surface area contributed by atoms with Crippen molar-refractivity contribution in [2.75, 3.05) is 6.54 Å². The summed E-state index contributed by atoms with van der Waals surface area (Å²) in [4.78, 5) is 10.8. The molecular weight excluding hydrogens is 227 g/mol. The number of aromatic amines is 1. The van der Waals surface area contributed by atoms with Crippen molar-refractivity contribution in [1.29, 1.82) is 0 Å². The molecule has 1 atom stereocenters. The summed E-state index contributed by atoms with van der Waals surface area (Å²) in [6, 6.07) is 0. The lowest BCUT2D eigenvalue weighted by Crippen LogP contribution is -2.19. The first kappa shape index (κ1) is 12.5. The van der Waals surface area contributed by atoms with Crippen molar-refractivity contribution < 1.29 is 23.1 Å². The maximum absolute atomic E-state index is 12.5. The molecule has 1 rings (SSSR count). The quantitative estimate of drug-likeness (QED) is 0.726. The van der Waals surface area contributed by atoms with Gasteiger partial charge in [0.05, 0.1) is 12.1 Å². The Morgan fingerprint density at radius 1 is 1.62 bits per heavy atom. The fraction of sp³-hybridized carbons (Fsp3) is 0.500. The van der Waals surface area contributed by atoms with E-state index in [4.69, 9.17) is 10.8 Å². The third kappa shape index (κ3) is 2.51. The standard InChI is InChI=1S/C8H10F3N3O2/c9-8(10,11)6-5(3-13-14-6)4(1-2-12)7(15)16/h3-4H,1-2,12H2,(H,13,14)(H,15,16). The van der Waals surface area contributed by atoms with Gasteiger partial charge in [0.2, 0.25) is 0 Å². The topological polar surface area (TPSA) is 92.0 Å². The fourth-order valence-electron chi connectivity index (χ4n) is 1.37. The van der Waals surface area contributed by atoms with Crippen molar-refractivity contribution in [2.24, 2.45) is 5.73 Å². The monoisotopic (exact) mass is 237 g/mol. The van der Waals surface area contributed by atoms with E-state index in [9.17, 15) is 18.0 Å². The van der Waals surface area contributed by atoms with Crippen LogP contribution in [0.3, 0.4) is 0 Å². The molecule has 8 heteroatoms. The van der Waals surface area contributed by atoms with Crippen LogP contribution in [-0.2, 0) is 11.0 Å². The summed E-state index contributed by atoms with van der Waals surface area (Å²) in [7, 11) is 0. The number of hydrogen-bond acceptors (Lipinski definition) is 3. The van der Waals surface area contributed by atoms with Crippen LogP contribution in [0.1, 0.15) is 23.6 Å². The second kappa shape index (κ2) is 4.52. The average Bonchev–Trinajstić information content (AvgIpc) is 2.60. The van der Waals surface area contributed by atoms with Crippen molar-refractivity contribution in [3.05, 3.63) is 17.5 Å². The predicted molar refractivity (Wildman–Crippen MR) is 47.6 cm³/mol. The van der Waals surface area contributed by atoms with Crippen LogP contribution in [0.15, 0.2) is 6.20 Å². The van der Waals surface area contributed by atoms with Crippen LogP contribution in [0, 0.1) is 0 Å². The summed E-state index contributed by atoms with van der Waals surface area (Å²) in [5, 5.41) is 13.8. The van der Waals surface area contributed by atoms with Gasteiger partial charge in [-0.15, -0.1) is 0 Å². The molecule has 1 unspecified atom stereocenters. The molecule has 0 saturated heterocycles. The summed E-state index contributed by atoms with van der Waals surface area (Å²) < 4.78 is 37.4. The van der Waals surface area contributed by atoms with E-state index < -0.39 is 23.8 Å². The van der Waals surface area contributed by atoms with Gasteiger partial charge in [0.25, 0.3) is 0 Å². The van der Waals surface area contributed by atoms with E-state index in [1.54, 1.807) is 5.10 Å². The SMILES string of the molecule is NCCC(C(=O)O)c1cn[nH]c1C(F)(F)F. The second-order valence-electron chi connectivity index (χ2n) is 3.17. The molecule has 1 aromatic heterocycles. The van der Waals surface area contributed by atoms with Crippen LogP contribution in [0.4, 0.5) is 13.2 Å². The Hall–Kier alpha value is -1.57. The van der Waals surface area contributed by atoms with Crippen LogP contribution >= 0.6 is 0 Å². The van der Waals surface area contributed by atoms with Crippen LogP contribution in [0.2, 0.25) is 0 Å². The van der Waals surface area contributed by atoms with Gasteiger partial charge in [0.1, 0.15) is 5.69 Å². The Bertz CT molecular complexity index is 375. The highest BCUT2D eigenvalue weighted by atomic mass is 19.4. The number of H-pyrrole nitrogens is 1. The van der Waals surface area contributed by atoms with E-state index in [0.717, 1.165) is 6.20 Å². The van der Waals surface area contributed by atoms with E-state index >= 15 is 0 Å². The average molecular weight is 237 g/mol. The molecule has 0 aliphatic heterocycles. The van der Waals surface area contributed by atoms with Crippen molar-refractivity contribution in [3.63, 3.8) is 0 Å². The first-order valence-electron chi connectivity index (χ1n) is 4.41. The van der Waals surface area contributed by atoms with Gasteiger partial charge in [-0.25, -0.2) is 0 Å². The number of nitrogens with one attached hydrogen (secondary N) is 1. The maximum atomic E-state index is 12.5. The third-order valence-corrected chi connectivity index (χ3v) is 2.08. The Morgan fingerprint density at radius 3 is 2.69 bits per heavy atom. The van der Waals surface area contributed by atoms with Gasteiger partial charge < -0.3 is 10.8 Å². The Kier molecular flexibility index (Phi) is 3.53. The summed E-state index contributed by atoms with van der Waals surface area (Å²) in [6.45, 7) is -0.0144. The normalized spacial score (nSPS) is 13.8. The van der Waals surface area contributed by atoms with Crippen molar-refractivity contribution >= 4 is 5.97 Å². The molecule has 0 spiro atoms. The summed E-state index contributed by atoms with van der Waals surface area (Å²) in [6.07, 6.45) is -3.84. The molecule has 0 bridgehead atoms. The molecule has 1 aromatic rings. The van der Waals surface area contributed by atoms with Crippen LogP contribution < -0.4 is 5.73 Å². The molecule has 16 heavy (non-hydrogen) atoms. The highest BCUT2D eigenvalue weighted by Gasteiger charge is 2.38. The molecule has 90 valence electrons. The molecule has 0 aliphatic rings. The first-order valence-corrected chi connectivity index (χ1v) is 4.41. The van der Waals surface area contributed by atoms with E-state index in [2.05, 4.69) is 5.10 Å². The lowest BCUT2D eigenvalue weighted by Gasteiger charge is -2.12. The number of rotatable bonds is 4. The van der Waals surface area contributed by atoms with Crippen molar-refractivity contribution in [2.45, 2.75) is 18.5 Å². The number of aliphatic carboxylic acids is 1. The minimum atomic E-state index is -4.64. The van der Waals surface area contributed by atoms with Gasteiger partial charge in [-0.3, -0.25) is 9.89 Å². The van der Waals surface area contributed by atoms with Crippen molar-refractivity contribution in [3.8, 4) is 0 Å². The number of hydrogen-bond donors (Lipinski definition) is 3. The molecule has 0 fully saturated rings. The van der Waals surface area contributed by atoms with E-state index in [-0.39, 0.29) is 18.5 Å². The Morgan fingerprint density at radius 2 is 2.25 bits per heavy atom. The number of carboxylic acids is 1. The van der Waals surface area contributed by atoms with Crippen LogP contribution in [0.25, 0.3) is 0 Å². The second-order valence-corrected chi connectivity index (χ2v) is 3.17. The zero-order chi connectivity index (χ0) is 12.3. The van der Waals surface area contributed by atoms with Gasteiger partial charge >= 0.3 is 12.1 Å². The number of nitrogens with zero attached hydrogens (tertiary/aromatic N) is 1. The minimum absolute atomic E-state index is 0.0144. The highest BCUT2D eigenvalue weighted by molar-refractivity contribution is 5.76. The lowest BCUT2D eigenvalue weighted by molar-refractivity contribution is -0.143. The van der Waals surface area contributed by atoms with Gasteiger partial charge in [0.15, 0.2) is 0 Å². The summed E-state index contributed by atoms with van der Waals surface area (Å²) >= 11 is 0. The smallest absolute Gasteiger partial charge is 0.433 e. The molecule has 0 aromatic carbocycles. The molecule has 0 amide bonds. The number of halogens is 3. The van der Waals surface area contributed by atoms with Gasteiger partial charge in [-0.2, -0.15) is 18.3 Å². The molecule has 0 aliphatic carbocycles. The van der Waals surface area contributed by atoms with E-state index in [0.29, 0.717) is 0 Å². The molecule has 0 saturated carbocycles. The predicted octanol–water partition coefficient (Wildman–Crippen LogP) is 0.946. The number of carboxylic acid groups (broad SMARTS) is 1. The van der Waals surface area contributed by atoms with Crippen LogP contribution in [-0.4, -0.2) is 27.8 Å². The summed E-state index contributed by atoms with van der Waals surface area (Å²) in [5.41, 5.74) is 3.64. The van der Waals surface area contributed by atoms with Gasteiger partial charge in [-0.1, -0.05) is 0 Å². The van der Waals surface area contributed by atoms with Crippen molar-refractivity contribution in [1.82, 2.24) is 10.2 Å². The molecule has 5 nitrogen and oxygen atoms in total. The summed E-state index contributed by atoms with van der Waals surface area (Å²) in [5.74, 6) is -2.64. The molecule has 1 heterocycles. The number of carbonyl (C=O) groups is 1. The zero-order valence-electron chi connectivity index (χ0n) is 8.08. The highest BCUT2D eigenvalue weighted by Crippen LogP contribution is 2.34. The third-order valence-electron chi connectivity index (χ3n) is 2.08. The van der Waals surface area contributed by atoms with E-state index in [1.165, 1.54) is 0 Å². The first-order chi connectivity index (χ1) is 7.38. The molecule has 0 radical (unpaired) electrons. The zero-order valence-corrected chi connectivity index (χ0v) is 8.08. The molecule has 4 N–H and O–H groups in total. The maximum Gasteiger partial charge on any atom is 0.433 e. The lowest BCUT2D eigenvalue weighted by atomic mass is 9.96. The fourth-order valence-corrected chi connectivity index (χ4v) is 1.37. The Balaban J connectivity index is 3.10.